The van der Waals surface area contributed by atoms with Crippen LogP contribution in [0.5, 0.6) is 0 Å². The van der Waals surface area contributed by atoms with Gasteiger partial charge in [-0.2, -0.15) is 0 Å². The van der Waals surface area contributed by atoms with Crippen LogP contribution in [0.2, 0.25) is 0 Å². The highest BCUT2D eigenvalue weighted by Gasteiger charge is 2.36. The minimum Gasteiger partial charge on any atom is -0.372 e. The van der Waals surface area contributed by atoms with Gasteiger partial charge in [0.2, 0.25) is 0 Å². The Morgan fingerprint density at radius 2 is 2.17 bits per heavy atom. The molecule has 1 N–H and O–H groups in total. The Morgan fingerprint density at radius 1 is 1.33 bits per heavy atom. The lowest BCUT2D eigenvalue weighted by Crippen LogP contribution is -2.54. The molecule has 0 spiro atoms. The highest BCUT2D eigenvalue weighted by atomic mass is 35.5. The summed E-state index contributed by atoms with van der Waals surface area (Å²) in [5.41, 5.74) is 2.96. The number of rotatable bonds is 4. The monoisotopic (exact) mass is 265 g/mol. The molecule has 0 aromatic heterocycles. The van der Waals surface area contributed by atoms with E-state index in [1.54, 1.807) is 0 Å². The molecule has 0 radical (unpaired) electrons. The summed E-state index contributed by atoms with van der Waals surface area (Å²) >= 11 is 6.07. The molecule has 1 unspecified atom stereocenters. The minimum atomic E-state index is 0.178. The molecule has 0 bridgehead atoms. The van der Waals surface area contributed by atoms with Crippen LogP contribution in [0, 0.1) is 0 Å². The highest BCUT2D eigenvalue weighted by Crippen LogP contribution is 2.34. The van der Waals surface area contributed by atoms with Crippen molar-refractivity contribution in [2.75, 3.05) is 19.0 Å². The van der Waals surface area contributed by atoms with Crippen LogP contribution in [0.3, 0.4) is 0 Å². The molecular weight excluding hydrogens is 246 g/mol. The van der Waals surface area contributed by atoms with Crippen LogP contribution in [0.25, 0.3) is 0 Å². The van der Waals surface area contributed by atoms with Crippen molar-refractivity contribution in [3.05, 3.63) is 35.4 Å². The Kier molecular flexibility index (Phi) is 3.60. The van der Waals surface area contributed by atoms with E-state index in [1.165, 1.54) is 30.4 Å². The van der Waals surface area contributed by atoms with E-state index >= 15 is 0 Å². The van der Waals surface area contributed by atoms with Crippen molar-refractivity contribution in [2.45, 2.75) is 37.3 Å². The van der Waals surface area contributed by atoms with Crippen LogP contribution in [-0.4, -0.2) is 24.6 Å². The third kappa shape index (κ3) is 2.29. The summed E-state index contributed by atoms with van der Waals surface area (Å²) in [7, 11) is 0. The molecule has 0 saturated heterocycles. The molecule has 98 valence electrons. The molecule has 1 aromatic carbocycles. The summed E-state index contributed by atoms with van der Waals surface area (Å²) in [6.07, 6.45) is 4.92. The molecule has 2 nitrogen and oxygen atoms in total. The first kappa shape index (κ1) is 12.5. The van der Waals surface area contributed by atoms with Crippen molar-refractivity contribution in [2.24, 2.45) is 0 Å². The van der Waals surface area contributed by atoms with E-state index < -0.39 is 0 Å². The molecule has 0 amide bonds. The maximum atomic E-state index is 6.07. The zero-order valence-corrected chi connectivity index (χ0v) is 11.4. The summed E-state index contributed by atoms with van der Waals surface area (Å²) in [5.74, 6) is 0.710. The summed E-state index contributed by atoms with van der Waals surface area (Å²) < 4.78 is 5.91. The third-order valence-corrected chi connectivity index (χ3v) is 4.83. The van der Waals surface area contributed by atoms with Gasteiger partial charge < -0.3 is 10.1 Å². The number of hydrogen-bond donors (Lipinski definition) is 1. The van der Waals surface area contributed by atoms with Gasteiger partial charge in [-0.15, -0.1) is 11.6 Å². The van der Waals surface area contributed by atoms with Gasteiger partial charge in [-0.3, -0.25) is 0 Å². The van der Waals surface area contributed by atoms with Crippen molar-refractivity contribution in [3.63, 3.8) is 0 Å². The Bertz CT molecular complexity index is 411. The first-order valence-electron chi connectivity index (χ1n) is 6.83. The van der Waals surface area contributed by atoms with E-state index in [4.69, 9.17) is 16.3 Å². The maximum Gasteiger partial charge on any atom is 0.0952 e. The number of ether oxygens (including phenoxy) is 1. The fraction of sp³-hybridized carbons (Fsp3) is 0.600. The summed E-state index contributed by atoms with van der Waals surface area (Å²) in [5, 5.41) is 3.64. The first-order valence-corrected chi connectivity index (χ1v) is 7.37. The van der Waals surface area contributed by atoms with Gasteiger partial charge in [-0.05, 0) is 36.8 Å². The van der Waals surface area contributed by atoms with Gasteiger partial charge in [0.25, 0.3) is 0 Å². The number of hydrogen-bond acceptors (Lipinski definition) is 2. The lowest BCUT2D eigenvalue weighted by Gasteiger charge is -2.42. The van der Waals surface area contributed by atoms with E-state index in [-0.39, 0.29) is 11.6 Å². The lowest BCUT2D eigenvalue weighted by molar-refractivity contribution is 0.0322. The van der Waals surface area contributed by atoms with E-state index in [0.717, 1.165) is 19.6 Å². The Balaban J connectivity index is 1.67. The van der Waals surface area contributed by atoms with Crippen molar-refractivity contribution in [1.29, 1.82) is 0 Å². The summed E-state index contributed by atoms with van der Waals surface area (Å²) in [6.45, 7) is 1.71. The smallest absolute Gasteiger partial charge is 0.0952 e. The van der Waals surface area contributed by atoms with E-state index in [9.17, 15) is 0 Å². The Labute approximate surface area is 114 Å². The second-order valence-electron chi connectivity index (χ2n) is 5.46. The maximum absolute atomic E-state index is 6.07. The molecule has 1 atom stereocenters. The highest BCUT2D eigenvalue weighted by molar-refractivity contribution is 6.18. The average Bonchev–Trinajstić information content (AvgIpc) is 2.38. The zero-order valence-electron chi connectivity index (χ0n) is 10.6. The molecule has 1 saturated carbocycles. The minimum absolute atomic E-state index is 0.178. The van der Waals surface area contributed by atoms with Crippen LogP contribution in [-0.2, 0) is 11.2 Å². The molecule has 1 heterocycles. The standard InChI is InChI=1S/C15H20ClNO/c16-11-15(7-3-8-15)17-10-14-13-5-2-1-4-12(13)6-9-18-14/h1-2,4-5,14,17H,3,6-11H2. The van der Waals surface area contributed by atoms with Crippen molar-refractivity contribution in [1.82, 2.24) is 5.32 Å². The molecule has 1 aliphatic heterocycles. The second-order valence-corrected chi connectivity index (χ2v) is 5.72. The molecule has 3 rings (SSSR count). The molecule has 3 heteroatoms. The largest absolute Gasteiger partial charge is 0.372 e. The molecule has 18 heavy (non-hydrogen) atoms. The van der Waals surface area contributed by atoms with Gasteiger partial charge in [0.05, 0.1) is 12.7 Å². The van der Waals surface area contributed by atoms with E-state index in [0.29, 0.717) is 5.88 Å². The quantitative estimate of drug-likeness (QED) is 0.845. The molecule has 1 aromatic rings. The molecular formula is C15H20ClNO. The van der Waals surface area contributed by atoms with Gasteiger partial charge in [0, 0.05) is 18.0 Å². The Hall–Kier alpha value is -0.570. The second kappa shape index (κ2) is 5.20. The fourth-order valence-corrected chi connectivity index (χ4v) is 3.28. The fourth-order valence-electron chi connectivity index (χ4n) is 2.92. The average molecular weight is 266 g/mol. The topological polar surface area (TPSA) is 21.3 Å². The van der Waals surface area contributed by atoms with Crippen LogP contribution >= 0.6 is 11.6 Å². The number of fused-ring (bicyclic) bond motifs is 1. The van der Waals surface area contributed by atoms with Crippen LogP contribution in [0.15, 0.2) is 24.3 Å². The molecule has 1 aliphatic carbocycles. The van der Waals surface area contributed by atoms with Crippen molar-refractivity contribution >= 4 is 11.6 Å². The molecule has 2 aliphatic rings. The Morgan fingerprint density at radius 3 is 2.89 bits per heavy atom. The van der Waals surface area contributed by atoms with Crippen LogP contribution in [0.1, 0.15) is 36.5 Å². The summed E-state index contributed by atoms with van der Waals surface area (Å²) in [6, 6.07) is 8.61. The van der Waals surface area contributed by atoms with Gasteiger partial charge in [0.15, 0.2) is 0 Å². The van der Waals surface area contributed by atoms with Crippen LogP contribution in [0.4, 0.5) is 0 Å². The summed E-state index contributed by atoms with van der Waals surface area (Å²) in [4.78, 5) is 0. The number of benzene rings is 1. The van der Waals surface area contributed by atoms with Gasteiger partial charge in [-0.25, -0.2) is 0 Å². The number of alkyl halides is 1. The van der Waals surface area contributed by atoms with E-state index in [2.05, 4.69) is 29.6 Å². The van der Waals surface area contributed by atoms with Gasteiger partial charge in [0.1, 0.15) is 0 Å². The van der Waals surface area contributed by atoms with E-state index in [1.807, 2.05) is 0 Å². The van der Waals surface area contributed by atoms with Gasteiger partial charge in [-0.1, -0.05) is 24.3 Å². The number of halogens is 1. The zero-order chi connectivity index (χ0) is 12.4. The van der Waals surface area contributed by atoms with Crippen LogP contribution < -0.4 is 5.32 Å². The number of nitrogens with one attached hydrogen (secondary N) is 1. The normalized spacial score (nSPS) is 25.3. The molecule has 1 fully saturated rings. The third-order valence-electron chi connectivity index (χ3n) is 4.32. The van der Waals surface area contributed by atoms with Gasteiger partial charge >= 0.3 is 0 Å². The van der Waals surface area contributed by atoms with Crippen molar-refractivity contribution in [3.8, 4) is 0 Å². The SMILES string of the molecule is ClCC1(NCC2OCCc3ccccc32)CCC1. The van der Waals surface area contributed by atoms with Crippen molar-refractivity contribution < 1.29 is 4.74 Å². The lowest BCUT2D eigenvalue weighted by atomic mass is 9.78. The predicted octanol–water partition coefficient (Wildman–Crippen LogP) is 3.05. The first-order chi connectivity index (χ1) is 8.83. The predicted molar refractivity (Wildman–Crippen MR) is 74.1 cm³/mol.